The summed E-state index contributed by atoms with van der Waals surface area (Å²) in [6, 6.07) is 0. The van der Waals surface area contributed by atoms with E-state index in [1.807, 2.05) is 19.4 Å². The minimum absolute atomic E-state index is 0.187. The van der Waals surface area contributed by atoms with Crippen molar-refractivity contribution >= 4 is 0 Å². The summed E-state index contributed by atoms with van der Waals surface area (Å²) in [6.07, 6.45) is 4.04. The zero-order chi connectivity index (χ0) is 8.39. The van der Waals surface area contributed by atoms with E-state index in [1.54, 1.807) is 4.68 Å². The lowest BCUT2D eigenvalue weighted by atomic mass is 10.2. The Kier molecular flexibility index (Phi) is 2.10. The molecular weight excluding hydrogens is 154 g/mol. The number of morpholine rings is 1. The molecule has 0 amide bonds. The van der Waals surface area contributed by atoms with E-state index in [9.17, 15) is 0 Å². The van der Waals surface area contributed by atoms with Gasteiger partial charge in [0.05, 0.1) is 18.9 Å². The number of aromatic nitrogens is 2. The Balaban J connectivity index is 2.08. The minimum Gasteiger partial charge on any atom is -0.371 e. The smallest absolute Gasteiger partial charge is 0.0980 e. The normalized spacial score (nSPS) is 24.2. The van der Waals surface area contributed by atoms with Crippen LogP contribution in [0.5, 0.6) is 0 Å². The van der Waals surface area contributed by atoms with Crippen molar-refractivity contribution in [3.63, 3.8) is 0 Å². The zero-order valence-corrected chi connectivity index (χ0v) is 7.16. The molecule has 0 bridgehead atoms. The third-order valence-corrected chi connectivity index (χ3v) is 2.02. The van der Waals surface area contributed by atoms with Gasteiger partial charge in [-0.05, 0) is 0 Å². The second kappa shape index (κ2) is 3.25. The first kappa shape index (κ1) is 7.76. The number of rotatable bonds is 1. The predicted molar refractivity (Wildman–Crippen MR) is 44.8 cm³/mol. The molecule has 1 N–H and O–H groups in total. The van der Waals surface area contributed by atoms with Crippen LogP contribution in [0.15, 0.2) is 12.4 Å². The quantitative estimate of drug-likeness (QED) is 0.644. The maximum Gasteiger partial charge on any atom is 0.0980 e. The molecule has 1 saturated heterocycles. The first-order valence-electron chi connectivity index (χ1n) is 4.17. The van der Waals surface area contributed by atoms with Gasteiger partial charge in [0.25, 0.3) is 0 Å². The summed E-state index contributed by atoms with van der Waals surface area (Å²) in [5.41, 5.74) is 1.16. The van der Waals surface area contributed by atoms with Crippen molar-refractivity contribution in [1.82, 2.24) is 15.1 Å². The van der Waals surface area contributed by atoms with Gasteiger partial charge in [-0.3, -0.25) is 4.68 Å². The van der Waals surface area contributed by atoms with Crippen LogP contribution in [0.1, 0.15) is 11.7 Å². The van der Waals surface area contributed by atoms with E-state index >= 15 is 0 Å². The van der Waals surface area contributed by atoms with E-state index in [-0.39, 0.29) is 6.10 Å². The molecule has 1 atom stereocenters. The molecule has 4 heteroatoms. The lowest BCUT2D eigenvalue weighted by Gasteiger charge is -2.22. The third-order valence-electron chi connectivity index (χ3n) is 2.02. The largest absolute Gasteiger partial charge is 0.371 e. The molecule has 1 aromatic rings. The van der Waals surface area contributed by atoms with Crippen molar-refractivity contribution < 1.29 is 4.74 Å². The van der Waals surface area contributed by atoms with Crippen LogP contribution in [0.4, 0.5) is 0 Å². The molecule has 12 heavy (non-hydrogen) atoms. The summed E-state index contributed by atoms with van der Waals surface area (Å²) in [6.45, 7) is 2.64. The number of hydrogen-bond donors (Lipinski definition) is 1. The van der Waals surface area contributed by atoms with Gasteiger partial charge in [0.15, 0.2) is 0 Å². The second-order valence-corrected chi connectivity index (χ2v) is 3.01. The molecule has 0 saturated carbocycles. The van der Waals surface area contributed by atoms with Crippen LogP contribution < -0.4 is 5.32 Å². The molecule has 2 heterocycles. The average Bonchev–Trinajstić information content (AvgIpc) is 2.54. The van der Waals surface area contributed by atoms with E-state index in [0.717, 1.165) is 25.3 Å². The third kappa shape index (κ3) is 1.49. The van der Waals surface area contributed by atoms with Crippen LogP contribution in [0, 0.1) is 0 Å². The molecule has 1 aromatic heterocycles. The van der Waals surface area contributed by atoms with Crippen molar-refractivity contribution in [1.29, 1.82) is 0 Å². The van der Waals surface area contributed by atoms with Crippen molar-refractivity contribution in [3.8, 4) is 0 Å². The fraction of sp³-hybridized carbons (Fsp3) is 0.625. The number of nitrogens with one attached hydrogen (secondary N) is 1. The minimum atomic E-state index is 0.187. The SMILES string of the molecule is Cn1cc([C@H]2CNCCO2)cn1. The molecule has 0 aliphatic carbocycles. The summed E-state index contributed by atoms with van der Waals surface area (Å²) < 4.78 is 7.36. The lowest BCUT2D eigenvalue weighted by Crippen LogP contribution is -2.33. The highest BCUT2D eigenvalue weighted by atomic mass is 16.5. The van der Waals surface area contributed by atoms with Crippen LogP contribution in [0.25, 0.3) is 0 Å². The Bertz CT molecular complexity index is 253. The van der Waals surface area contributed by atoms with Gasteiger partial charge in [0.2, 0.25) is 0 Å². The van der Waals surface area contributed by atoms with Gasteiger partial charge in [-0.15, -0.1) is 0 Å². The number of ether oxygens (including phenoxy) is 1. The number of nitrogens with zero attached hydrogens (tertiary/aromatic N) is 2. The van der Waals surface area contributed by atoms with Crippen molar-refractivity contribution in [3.05, 3.63) is 18.0 Å². The first-order chi connectivity index (χ1) is 5.86. The fourth-order valence-corrected chi connectivity index (χ4v) is 1.39. The summed E-state index contributed by atoms with van der Waals surface area (Å²) >= 11 is 0. The summed E-state index contributed by atoms with van der Waals surface area (Å²) in [5, 5.41) is 7.38. The topological polar surface area (TPSA) is 39.1 Å². The molecule has 4 nitrogen and oxygen atoms in total. The van der Waals surface area contributed by atoms with Crippen molar-refractivity contribution in [2.75, 3.05) is 19.7 Å². The Labute approximate surface area is 71.5 Å². The van der Waals surface area contributed by atoms with Crippen LogP contribution in [0.2, 0.25) is 0 Å². The van der Waals surface area contributed by atoms with Crippen molar-refractivity contribution in [2.45, 2.75) is 6.10 Å². The summed E-state index contributed by atoms with van der Waals surface area (Å²) in [5.74, 6) is 0. The molecule has 66 valence electrons. The standard InChI is InChI=1S/C8H13N3O/c1-11-6-7(4-10-11)8-5-9-2-3-12-8/h4,6,8-9H,2-3,5H2,1H3/t8-/m1/s1. The Morgan fingerprint density at radius 3 is 3.25 bits per heavy atom. The molecule has 0 unspecified atom stereocenters. The molecule has 0 spiro atoms. The highest BCUT2D eigenvalue weighted by molar-refractivity contribution is 5.09. The lowest BCUT2D eigenvalue weighted by molar-refractivity contribution is 0.0276. The van der Waals surface area contributed by atoms with E-state index < -0.39 is 0 Å². The van der Waals surface area contributed by atoms with E-state index in [0.29, 0.717) is 0 Å². The van der Waals surface area contributed by atoms with Gasteiger partial charge in [-0.25, -0.2) is 0 Å². The van der Waals surface area contributed by atoms with E-state index in [4.69, 9.17) is 4.74 Å². The molecule has 1 fully saturated rings. The first-order valence-corrected chi connectivity index (χ1v) is 4.17. The van der Waals surface area contributed by atoms with Gasteiger partial charge in [0.1, 0.15) is 0 Å². The van der Waals surface area contributed by atoms with E-state index in [2.05, 4.69) is 10.4 Å². The van der Waals surface area contributed by atoms with E-state index in [1.165, 1.54) is 0 Å². The monoisotopic (exact) mass is 167 g/mol. The average molecular weight is 167 g/mol. The van der Waals surface area contributed by atoms with Gasteiger partial charge in [-0.1, -0.05) is 0 Å². The maximum atomic E-state index is 5.56. The van der Waals surface area contributed by atoms with Crippen molar-refractivity contribution in [2.24, 2.45) is 7.05 Å². The molecule has 1 aliphatic heterocycles. The van der Waals surface area contributed by atoms with Crippen LogP contribution in [-0.4, -0.2) is 29.5 Å². The van der Waals surface area contributed by atoms with Crippen LogP contribution in [0.3, 0.4) is 0 Å². The Morgan fingerprint density at radius 2 is 2.67 bits per heavy atom. The van der Waals surface area contributed by atoms with Gasteiger partial charge in [-0.2, -0.15) is 5.10 Å². The Hall–Kier alpha value is -0.870. The molecule has 2 rings (SSSR count). The van der Waals surface area contributed by atoms with Gasteiger partial charge < -0.3 is 10.1 Å². The predicted octanol–water partition coefficient (Wildman–Crippen LogP) is 0.0810. The maximum absolute atomic E-state index is 5.56. The number of hydrogen-bond acceptors (Lipinski definition) is 3. The number of aryl methyl sites for hydroxylation is 1. The second-order valence-electron chi connectivity index (χ2n) is 3.01. The zero-order valence-electron chi connectivity index (χ0n) is 7.16. The van der Waals surface area contributed by atoms with Gasteiger partial charge >= 0.3 is 0 Å². The molecule has 0 radical (unpaired) electrons. The fourth-order valence-electron chi connectivity index (χ4n) is 1.39. The molecule has 1 aliphatic rings. The Morgan fingerprint density at radius 1 is 1.75 bits per heavy atom. The summed E-state index contributed by atoms with van der Waals surface area (Å²) in [4.78, 5) is 0. The molecular formula is C8H13N3O. The highest BCUT2D eigenvalue weighted by Crippen LogP contribution is 2.16. The van der Waals surface area contributed by atoms with Gasteiger partial charge in [0, 0.05) is 31.9 Å². The van der Waals surface area contributed by atoms with Crippen LogP contribution in [-0.2, 0) is 11.8 Å². The molecule has 0 aromatic carbocycles. The summed E-state index contributed by atoms with van der Waals surface area (Å²) in [7, 11) is 1.92. The van der Waals surface area contributed by atoms with Crippen LogP contribution >= 0.6 is 0 Å². The highest BCUT2D eigenvalue weighted by Gasteiger charge is 2.16.